The number of nitrogen functional groups attached to an aromatic ring is 1. The van der Waals surface area contributed by atoms with Crippen LogP contribution >= 0.6 is 0 Å². The summed E-state index contributed by atoms with van der Waals surface area (Å²) in [6.07, 6.45) is 0. The Morgan fingerprint density at radius 3 is 2.40 bits per heavy atom. The van der Waals surface area contributed by atoms with E-state index in [0.717, 1.165) is 17.0 Å². The molecule has 0 aliphatic heterocycles. The molecule has 0 saturated heterocycles. The molecule has 0 spiro atoms. The minimum atomic E-state index is -1.16. The lowest BCUT2D eigenvalue weighted by Gasteiger charge is -2.18. The summed E-state index contributed by atoms with van der Waals surface area (Å²) in [5.74, 6) is -3.29. The molecule has 0 bridgehead atoms. The lowest BCUT2D eigenvalue weighted by atomic mass is 10.1. The molecule has 0 unspecified atom stereocenters. The van der Waals surface area contributed by atoms with Crippen LogP contribution in [0.25, 0.3) is 0 Å². The summed E-state index contributed by atoms with van der Waals surface area (Å²) < 4.78 is 26.1. The van der Waals surface area contributed by atoms with Crippen molar-refractivity contribution in [2.75, 3.05) is 19.3 Å². The Morgan fingerprint density at radius 2 is 1.85 bits per heavy atom. The molecule has 20 heavy (non-hydrogen) atoms. The van der Waals surface area contributed by atoms with Gasteiger partial charge in [-0.25, -0.2) is 8.78 Å². The molecule has 0 fully saturated rings. The van der Waals surface area contributed by atoms with Gasteiger partial charge in [-0.05, 0) is 19.9 Å². The van der Waals surface area contributed by atoms with Crippen LogP contribution in [0.5, 0.6) is 0 Å². The highest BCUT2D eigenvalue weighted by atomic mass is 19.2. The molecular formula is C13H17F2N3O2. The number of halogens is 2. The first kappa shape index (κ1) is 15.9. The molecule has 0 saturated carbocycles. The Balaban J connectivity index is 2.84. The van der Waals surface area contributed by atoms with Crippen molar-refractivity contribution in [2.45, 2.75) is 19.9 Å². The second-order valence-electron chi connectivity index (χ2n) is 4.74. The SMILES string of the molecule is CC(C)NC(=O)CN(C)C(=O)c1cc(F)c(F)cc1N. The third-order valence-corrected chi connectivity index (χ3v) is 2.50. The summed E-state index contributed by atoms with van der Waals surface area (Å²) in [6.45, 7) is 3.37. The van der Waals surface area contributed by atoms with E-state index in [2.05, 4.69) is 5.32 Å². The fourth-order valence-corrected chi connectivity index (χ4v) is 1.61. The van der Waals surface area contributed by atoms with Gasteiger partial charge >= 0.3 is 0 Å². The lowest BCUT2D eigenvalue weighted by Crippen LogP contribution is -2.41. The van der Waals surface area contributed by atoms with Gasteiger partial charge in [0.2, 0.25) is 5.91 Å². The van der Waals surface area contributed by atoms with Crippen LogP contribution in [0.15, 0.2) is 12.1 Å². The summed E-state index contributed by atoms with van der Waals surface area (Å²) >= 11 is 0. The molecular weight excluding hydrogens is 268 g/mol. The van der Waals surface area contributed by atoms with Crippen LogP contribution in [-0.2, 0) is 4.79 Å². The highest BCUT2D eigenvalue weighted by molar-refractivity contribution is 6.00. The zero-order valence-corrected chi connectivity index (χ0v) is 11.5. The number of hydrogen-bond donors (Lipinski definition) is 2. The number of benzene rings is 1. The Kier molecular flexibility index (Phi) is 5.01. The number of likely N-dealkylation sites (N-methyl/N-ethyl adjacent to an activating group) is 1. The number of carbonyl (C=O) groups is 2. The average molecular weight is 285 g/mol. The molecule has 5 nitrogen and oxygen atoms in total. The number of rotatable bonds is 4. The van der Waals surface area contributed by atoms with Crippen molar-refractivity contribution >= 4 is 17.5 Å². The molecule has 3 N–H and O–H groups in total. The number of carbonyl (C=O) groups excluding carboxylic acids is 2. The Labute approximate surface area is 115 Å². The highest BCUT2D eigenvalue weighted by Gasteiger charge is 2.19. The fourth-order valence-electron chi connectivity index (χ4n) is 1.61. The lowest BCUT2D eigenvalue weighted by molar-refractivity contribution is -0.122. The highest BCUT2D eigenvalue weighted by Crippen LogP contribution is 2.18. The van der Waals surface area contributed by atoms with E-state index in [0.29, 0.717) is 0 Å². The second-order valence-corrected chi connectivity index (χ2v) is 4.74. The first-order valence-electron chi connectivity index (χ1n) is 6.01. The van der Waals surface area contributed by atoms with Gasteiger partial charge < -0.3 is 16.0 Å². The van der Waals surface area contributed by atoms with Crippen LogP contribution in [0.3, 0.4) is 0 Å². The number of nitrogens with two attached hydrogens (primary N) is 1. The van der Waals surface area contributed by atoms with E-state index in [-0.39, 0.29) is 29.7 Å². The van der Waals surface area contributed by atoms with Crippen molar-refractivity contribution in [3.63, 3.8) is 0 Å². The normalized spacial score (nSPS) is 10.5. The fraction of sp³-hybridized carbons (Fsp3) is 0.385. The van der Waals surface area contributed by atoms with E-state index in [1.165, 1.54) is 7.05 Å². The summed E-state index contributed by atoms with van der Waals surface area (Å²) in [5.41, 5.74) is 5.13. The third kappa shape index (κ3) is 3.91. The van der Waals surface area contributed by atoms with Crippen molar-refractivity contribution in [1.29, 1.82) is 0 Å². The summed E-state index contributed by atoms with van der Waals surface area (Å²) in [4.78, 5) is 24.6. The van der Waals surface area contributed by atoms with E-state index >= 15 is 0 Å². The first-order chi connectivity index (χ1) is 9.22. The van der Waals surface area contributed by atoms with Crippen molar-refractivity contribution in [3.05, 3.63) is 29.3 Å². The van der Waals surface area contributed by atoms with Gasteiger partial charge in [-0.3, -0.25) is 9.59 Å². The van der Waals surface area contributed by atoms with Crippen LogP contribution < -0.4 is 11.1 Å². The first-order valence-corrected chi connectivity index (χ1v) is 6.01. The topological polar surface area (TPSA) is 75.4 Å². The molecule has 0 atom stereocenters. The van der Waals surface area contributed by atoms with E-state index in [1.807, 2.05) is 0 Å². The van der Waals surface area contributed by atoms with Gasteiger partial charge in [0, 0.05) is 24.8 Å². The maximum atomic E-state index is 13.1. The molecule has 2 amide bonds. The molecule has 7 heteroatoms. The largest absolute Gasteiger partial charge is 0.398 e. The Hall–Kier alpha value is -2.18. The Bertz CT molecular complexity index is 533. The molecule has 0 aromatic heterocycles. The van der Waals surface area contributed by atoms with Crippen LogP contribution in [-0.4, -0.2) is 36.3 Å². The molecule has 0 aliphatic rings. The third-order valence-electron chi connectivity index (χ3n) is 2.50. The van der Waals surface area contributed by atoms with Crippen LogP contribution in [0, 0.1) is 11.6 Å². The summed E-state index contributed by atoms with van der Waals surface area (Å²) in [7, 11) is 1.38. The summed E-state index contributed by atoms with van der Waals surface area (Å²) in [5, 5.41) is 2.62. The minimum absolute atomic E-state index is 0.0562. The van der Waals surface area contributed by atoms with Crippen molar-refractivity contribution in [2.24, 2.45) is 0 Å². The van der Waals surface area contributed by atoms with Gasteiger partial charge in [0.05, 0.1) is 12.1 Å². The van der Waals surface area contributed by atoms with E-state index < -0.39 is 17.5 Å². The van der Waals surface area contributed by atoms with Gasteiger partial charge in [0.25, 0.3) is 5.91 Å². The van der Waals surface area contributed by atoms with Gasteiger partial charge in [-0.15, -0.1) is 0 Å². The smallest absolute Gasteiger partial charge is 0.256 e. The van der Waals surface area contributed by atoms with Crippen LogP contribution in [0.2, 0.25) is 0 Å². The van der Waals surface area contributed by atoms with Crippen molar-refractivity contribution in [1.82, 2.24) is 10.2 Å². The molecule has 1 aromatic carbocycles. The van der Waals surface area contributed by atoms with Gasteiger partial charge in [-0.1, -0.05) is 0 Å². The monoisotopic (exact) mass is 285 g/mol. The summed E-state index contributed by atoms with van der Waals surface area (Å²) in [6, 6.07) is 1.41. The van der Waals surface area contributed by atoms with E-state index in [4.69, 9.17) is 5.73 Å². The molecule has 110 valence electrons. The number of nitrogens with one attached hydrogen (secondary N) is 1. The number of amides is 2. The van der Waals surface area contributed by atoms with Gasteiger partial charge in [0.15, 0.2) is 11.6 Å². The Morgan fingerprint density at radius 1 is 1.30 bits per heavy atom. The minimum Gasteiger partial charge on any atom is -0.398 e. The average Bonchev–Trinajstić information content (AvgIpc) is 2.31. The molecule has 0 aliphatic carbocycles. The second kappa shape index (κ2) is 6.31. The van der Waals surface area contributed by atoms with Crippen molar-refractivity contribution < 1.29 is 18.4 Å². The maximum absolute atomic E-state index is 13.1. The van der Waals surface area contributed by atoms with Gasteiger partial charge in [0.1, 0.15) is 0 Å². The molecule has 1 aromatic rings. The predicted octanol–water partition coefficient (Wildman–Crippen LogP) is 1.14. The quantitative estimate of drug-likeness (QED) is 0.815. The number of hydrogen-bond acceptors (Lipinski definition) is 3. The zero-order valence-electron chi connectivity index (χ0n) is 11.5. The van der Waals surface area contributed by atoms with Crippen molar-refractivity contribution in [3.8, 4) is 0 Å². The van der Waals surface area contributed by atoms with E-state index in [1.54, 1.807) is 13.8 Å². The van der Waals surface area contributed by atoms with E-state index in [9.17, 15) is 18.4 Å². The maximum Gasteiger partial charge on any atom is 0.256 e. The molecule has 0 heterocycles. The molecule has 0 radical (unpaired) electrons. The standard InChI is InChI=1S/C13H17F2N3O2/c1-7(2)17-12(19)6-18(3)13(20)8-4-9(14)10(15)5-11(8)16/h4-5,7H,6,16H2,1-3H3,(H,17,19). The molecule has 1 rings (SSSR count). The van der Waals surface area contributed by atoms with Gasteiger partial charge in [-0.2, -0.15) is 0 Å². The number of nitrogens with zero attached hydrogens (tertiary/aromatic N) is 1. The van der Waals surface area contributed by atoms with Crippen LogP contribution in [0.4, 0.5) is 14.5 Å². The van der Waals surface area contributed by atoms with Crippen LogP contribution in [0.1, 0.15) is 24.2 Å². The zero-order chi connectivity index (χ0) is 15.4. The predicted molar refractivity (Wildman–Crippen MR) is 71.0 cm³/mol. The number of anilines is 1.